The number of amides is 1. The summed E-state index contributed by atoms with van der Waals surface area (Å²) < 4.78 is 4.88. The highest BCUT2D eigenvalue weighted by Gasteiger charge is 2.33. The fourth-order valence-corrected chi connectivity index (χ4v) is 3.91. The molecule has 0 aromatic heterocycles. The standard InChI is InChI=1S/C27H24N4O3/c1-34-27(33)24-16-29-17-25(32)31(24)18-19-12-13-22(15-28)23(14-19)30-26(20-8-4-2-5-9-20)21-10-6-3-7-11-21/h2-14,24,29H,16-18H2,1H3. The number of nitrogens with one attached hydrogen (secondary N) is 1. The molecule has 1 fully saturated rings. The monoisotopic (exact) mass is 452 g/mol. The van der Waals surface area contributed by atoms with Gasteiger partial charge in [0.15, 0.2) is 0 Å². The number of nitrogens with zero attached hydrogens (tertiary/aromatic N) is 3. The minimum atomic E-state index is -0.710. The minimum absolute atomic E-state index is 0.154. The number of nitriles is 1. The minimum Gasteiger partial charge on any atom is -0.467 e. The molecule has 1 aliphatic heterocycles. The molecule has 1 amide bonds. The van der Waals surface area contributed by atoms with Gasteiger partial charge in [-0.3, -0.25) is 4.79 Å². The van der Waals surface area contributed by atoms with Gasteiger partial charge in [-0.25, -0.2) is 9.79 Å². The summed E-state index contributed by atoms with van der Waals surface area (Å²) in [7, 11) is 1.31. The van der Waals surface area contributed by atoms with Crippen molar-refractivity contribution in [1.29, 1.82) is 5.26 Å². The predicted molar refractivity (Wildman–Crippen MR) is 129 cm³/mol. The van der Waals surface area contributed by atoms with E-state index in [1.807, 2.05) is 60.7 Å². The summed E-state index contributed by atoms with van der Waals surface area (Å²) in [5.41, 5.74) is 4.27. The molecule has 170 valence electrons. The van der Waals surface area contributed by atoms with Crippen LogP contribution in [-0.4, -0.2) is 48.7 Å². The van der Waals surface area contributed by atoms with Crippen LogP contribution < -0.4 is 5.32 Å². The number of ether oxygens (including phenoxy) is 1. The molecule has 3 aromatic carbocycles. The molecular formula is C27H24N4O3. The third kappa shape index (κ3) is 5.03. The van der Waals surface area contributed by atoms with E-state index in [-0.39, 0.29) is 19.0 Å². The summed E-state index contributed by atoms with van der Waals surface area (Å²) in [5.74, 6) is -0.659. The topological polar surface area (TPSA) is 94.8 Å². The van der Waals surface area contributed by atoms with Crippen molar-refractivity contribution >= 4 is 23.3 Å². The number of esters is 1. The number of methoxy groups -OCH3 is 1. The lowest BCUT2D eigenvalue weighted by molar-refractivity contribution is -0.155. The number of carbonyl (C=O) groups is 2. The van der Waals surface area contributed by atoms with Crippen LogP contribution in [0.2, 0.25) is 0 Å². The third-order valence-electron chi connectivity index (χ3n) is 5.65. The first kappa shape index (κ1) is 22.9. The first-order valence-corrected chi connectivity index (χ1v) is 10.9. The fraction of sp³-hybridized carbons (Fsp3) is 0.185. The van der Waals surface area contributed by atoms with Crippen LogP contribution in [0.4, 0.5) is 5.69 Å². The fourth-order valence-electron chi connectivity index (χ4n) is 3.91. The number of aliphatic imine (C=N–C) groups is 1. The zero-order valence-electron chi connectivity index (χ0n) is 18.8. The van der Waals surface area contributed by atoms with E-state index in [9.17, 15) is 14.9 Å². The first-order valence-electron chi connectivity index (χ1n) is 10.9. The Balaban J connectivity index is 1.75. The van der Waals surface area contributed by atoms with Crippen LogP contribution in [0.3, 0.4) is 0 Å². The van der Waals surface area contributed by atoms with E-state index in [0.29, 0.717) is 17.8 Å². The maximum atomic E-state index is 12.6. The molecule has 0 bridgehead atoms. The molecule has 0 saturated carbocycles. The lowest BCUT2D eigenvalue weighted by atomic mass is 10.0. The van der Waals surface area contributed by atoms with Crippen LogP contribution >= 0.6 is 0 Å². The Hall–Kier alpha value is -4.28. The van der Waals surface area contributed by atoms with E-state index < -0.39 is 12.0 Å². The number of benzene rings is 3. The van der Waals surface area contributed by atoms with Crippen molar-refractivity contribution in [2.45, 2.75) is 12.6 Å². The van der Waals surface area contributed by atoms with Gasteiger partial charge in [-0.15, -0.1) is 0 Å². The van der Waals surface area contributed by atoms with Crippen molar-refractivity contribution in [2.75, 3.05) is 20.2 Å². The summed E-state index contributed by atoms with van der Waals surface area (Å²) in [6.07, 6.45) is 0. The van der Waals surface area contributed by atoms with Gasteiger partial charge in [-0.2, -0.15) is 5.26 Å². The van der Waals surface area contributed by atoms with Gasteiger partial charge >= 0.3 is 5.97 Å². The summed E-state index contributed by atoms with van der Waals surface area (Å²) in [6.45, 7) is 0.688. The Morgan fingerprint density at radius 1 is 1.09 bits per heavy atom. The molecule has 3 aromatic rings. The Kier molecular flexibility index (Phi) is 7.11. The Morgan fingerprint density at radius 3 is 2.32 bits per heavy atom. The maximum Gasteiger partial charge on any atom is 0.329 e. The average Bonchev–Trinajstić information content (AvgIpc) is 2.89. The second kappa shape index (κ2) is 10.6. The molecular weight excluding hydrogens is 428 g/mol. The zero-order chi connectivity index (χ0) is 23.9. The number of hydrogen-bond donors (Lipinski definition) is 1. The lowest BCUT2D eigenvalue weighted by Crippen LogP contribution is -2.57. The Morgan fingerprint density at radius 2 is 1.74 bits per heavy atom. The molecule has 0 aliphatic carbocycles. The van der Waals surface area contributed by atoms with Gasteiger partial charge in [0.05, 0.1) is 30.6 Å². The van der Waals surface area contributed by atoms with Crippen LogP contribution in [-0.2, 0) is 20.9 Å². The lowest BCUT2D eigenvalue weighted by Gasteiger charge is -2.34. The van der Waals surface area contributed by atoms with Gasteiger partial charge in [-0.1, -0.05) is 66.7 Å². The van der Waals surface area contributed by atoms with Crippen LogP contribution in [0.15, 0.2) is 83.9 Å². The Bertz CT molecular complexity index is 1210. The molecule has 4 rings (SSSR count). The molecule has 1 atom stereocenters. The van der Waals surface area contributed by atoms with E-state index in [0.717, 1.165) is 22.4 Å². The van der Waals surface area contributed by atoms with Crippen LogP contribution in [0.5, 0.6) is 0 Å². The van der Waals surface area contributed by atoms with Gasteiger partial charge in [0.2, 0.25) is 5.91 Å². The highest BCUT2D eigenvalue weighted by Crippen LogP contribution is 2.25. The zero-order valence-corrected chi connectivity index (χ0v) is 18.8. The molecule has 7 nitrogen and oxygen atoms in total. The van der Waals surface area contributed by atoms with Crippen LogP contribution in [0.25, 0.3) is 0 Å². The van der Waals surface area contributed by atoms with Crippen molar-refractivity contribution in [2.24, 2.45) is 4.99 Å². The van der Waals surface area contributed by atoms with Gasteiger partial charge in [0.25, 0.3) is 0 Å². The van der Waals surface area contributed by atoms with E-state index >= 15 is 0 Å². The molecule has 0 spiro atoms. The second-order valence-electron chi connectivity index (χ2n) is 7.85. The normalized spacial score (nSPS) is 15.4. The van der Waals surface area contributed by atoms with Crippen molar-refractivity contribution in [1.82, 2.24) is 10.2 Å². The summed E-state index contributed by atoms with van der Waals surface area (Å²) in [6, 6.07) is 26.3. The molecule has 1 saturated heterocycles. The quantitative estimate of drug-likeness (QED) is 0.458. The van der Waals surface area contributed by atoms with Gasteiger partial charge in [0.1, 0.15) is 12.1 Å². The summed E-state index contributed by atoms with van der Waals surface area (Å²) in [5, 5.41) is 12.7. The Labute approximate surface area is 198 Å². The molecule has 1 unspecified atom stereocenters. The number of piperazine rings is 1. The highest BCUT2D eigenvalue weighted by atomic mass is 16.5. The van der Waals surface area contributed by atoms with E-state index in [4.69, 9.17) is 9.73 Å². The van der Waals surface area contributed by atoms with Gasteiger partial charge < -0.3 is 15.0 Å². The number of hydrogen-bond acceptors (Lipinski definition) is 6. The smallest absolute Gasteiger partial charge is 0.329 e. The van der Waals surface area contributed by atoms with Crippen molar-refractivity contribution in [3.05, 3.63) is 101 Å². The molecule has 0 radical (unpaired) electrons. The second-order valence-corrected chi connectivity index (χ2v) is 7.85. The van der Waals surface area contributed by atoms with Crippen LogP contribution in [0, 0.1) is 11.3 Å². The predicted octanol–water partition coefficient (Wildman–Crippen LogP) is 3.20. The van der Waals surface area contributed by atoms with E-state index in [1.54, 1.807) is 18.2 Å². The highest BCUT2D eigenvalue weighted by molar-refractivity contribution is 6.14. The molecule has 7 heteroatoms. The largest absolute Gasteiger partial charge is 0.467 e. The SMILES string of the molecule is COC(=O)C1CNCC(=O)N1Cc1ccc(C#N)c(N=C(c2ccccc2)c2ccccc2)c1. The average molecular weight is 453 g/mol. The maximum absolute atomic E-state index is 12.6. The van der Waals surface area contributed by atoms with E-state index in [2.05, 4.69) is 11.4 Å². The molecule has 34 heavy (non-hydrogen) atoms. The van der Waals surface area contributed by atoms with Crippen molar-refractivity contribution in [3.8, 4) is 6.07 Å². The molecule has 1 heterocycles. The van der Waals surface area contributed by atoms with Crippen LogP contribution in [0.1, 0.15) is 22.3 Å². The third-order valence-corrected chi connectivity index (χ3v) is 5.65. The summed E-state index contributed by atoms with van der Waals surface area (Å²) in [4.78, 5) is 31.2. The van der Waals surface area contributed by atoms with Gasteiger partial charge in [0, 0.05) is 24.2 Å². The molecule has 1 aliphatic rings. The number of rotatable bonds is 6. The number of carbonyl (C=O) groups excluding carboxylic acids is 2. The molecule has 1 N–H and O–H groups in total. The van der Waals surface area contributed by atoms with E-state index in [1.165, 1.54) is 12.0 Å². The van der Waals surface area contributed by atoms with Crippen molar-refractivity contribution < 1.29 is 14.3 Å². The summed E-state index contributed by atoms with van der Waals surface area (Å²) >= 11 is 0. The van der Waals surface area contributed by atoms with Gasteiger partial charge in [-0.05, 0) is 17.7 Å². The van der Waals surface area contributed by atoms with Crippen molar-refractivity contribution in [3.63, 3.8) is 0 Å². The first-order chi connectivity index (χ1) is 16.6.